The third-order valence-electron chi connectivity index (χ3n) is 2.07. The van der Waals surface area contributed by atoms with Crippen LogP contribution in [-0.2, 0) is 29.5 Å². The van der Waals surface area contributed by atoms with Gasteiger partial charge in [0.15, 0.2) is 0 Å². The van der Waals surface area contributed by atoms with Crippen molar-refractivity contribution >= 4 is 12.6 Å². The van der Waals surface area contributed by atoms with Crippen molar-refractivity contribution in [2.45, 2.75) is 18.9 Å². The molecule has 0 fully saturated rings. The second-order valence-corrected chi connectivity index (χ2v) is 3.10. The van der Waals surface area contributed by atoms with Crippen molar-refractivity contribution in [2.75, 3.05) is 0 Å². The summed E-state index contributed by atoms with van der Waals surface area (Å²) >= 11 is 0. The summed E-state index contributed by atoms with van der Waals surface area (Å²) in [4.78, 5) is 24.7. The molecule has 0 unspecified atom stereocenters. The number of nitrogens with zero attached hydrogens (tertiary/aromatic N) is 2. The first-order valence-corrected chi connectivity index (χ1v) is 4.33. The minimum Gasteiger partial charge on any atom is -0.335 e. The van der Waals surface area contributed by atoms with Crippen molar-refractivity contribution < 1.29 is 9.59 Å². The van der Waals surface area contributed by atoms with Gasteiger partial charge in [-0.1, -0.05) is 0 Å². The normalized spacial score (nSPS) is 12.4. The molecule has 5 heteroatoms. The third kappa shape index (κ3) is 2.26. The fourth-order valence-corrected chi connectivity index (χ4v) is 1.23. The van der Waals surface area contributed by atoms with Gasteiger partial charge in [0, 0.05) is 25.4 Å². The summed E-state index contributed by atoms with van der Waals surface area (Å²) in [5, 5.41) is 0. The summed E-state index contributed by atoms with van der Waals surface area (Å²) < 4.78 is 1.79. The molecule has 1 rings (SSSR count). The van der Waals surface area contributed by atoms with Crippen molar-refractivity contribution in [2.24, 2.45) is 12.8 Å². The van der Waals surface area contributed by atoms with Gasteiger partial charge in [-0.15, -0.1) is 0 Å². The van der Waals surface area contributed by atoms with Gasteiger partial charge in [0.2, 0.25) is 0 Å². The van der Waals surface area contributed by atoms with Gasteiger partial charge in [-0.3, -0.25) is 0 Å². The number of imidazole rings is 1. The van der Waals surface area contributed by atoms with E-state index in [9.17, 15) is 9.59 Å². The van der Waals surface area contributed by atoms with Crippen LogP contribution >= 0.6 is 0 Å². The number of hydrogen-bond acceptors (Lipinski definition) is 4. The lowest BCUT2D eigenvalue weighted by atomic mass is 10.2. The summed E-state index contributed by atoms with van der Waals surface area (Å²) in [5.41, 5.74) is 6.34. The quantitative estimate of drug-likeness (QED) is 0.626. The maximum atomic E-state index is 10.3. The molecule has 0 spiro atoms. The van der Waals surface area contributed by atoms with Gasteiger partial charge in [-0.05, 0) is 0 Å². The lowest BCUT2D eigenvalue weighted by Gasteiger charge is -2.05. The zero-order chi connectivity index (χ0) is 10.6. The number of aldehydes is 2. The van der Waals surface area contributed by atoms with E-state index in [-0.39, 0.29) is 6.42 Å². The molecule has 2 N–H and O–H groups in total. The van der Waals surface area contributed by atoms with Gasteiger partial charge in [0.25, 0.3) is 0 Å². The van der Waals surface area contributed by atoms with Crippen molar-refractivity contribution in [1.29, 1.82) is 0 Å². The summed E-state index contributed by atoms with van der Waals surface area (Å²) in [7, 11) is 1.80. The number of aromatic nitrogens is 2. The van der Waals surface area contributed by atoms with Gasteiger partial charge in [0.05, 0.1) is 12.5 Å². The first-order valence-electron chi connectivity index (χ1n) is 4.33. The van der Waals surface area contributed by atoms with E-state index in [0.717, 1.165) is 12.0 Å². The van der Waals surface area contributed by atoms with Crippen LogP contribution in [0, 0.1) is 0 Å². The molecule has 76 valence electrons. The van der Waals surface area contributed by atoms with E-state index < -0.39 is 6.04 Å². The molecule has 0 aliphatic carbocycles. The van der Waals surface area contributed by atoms with Crippen LogP contribution in [0.5, 0.6) is 0 Å². The molecule has 0 aliphatic heterocycles. The lowest BCUT2D eigenvalue weighted by molar-refractivity contribution is -0.109. The van der Waals surface area contributed by atoms with Crippen molar-refractivity contribution in [3.63, 3.8) is 0 Å². The molecule has 1 aromatic rings. The molecule has 14 heavy (non-hydrogen) atoms. The standard InChI is InChI=1S/C9H13N3O2/c1-12-8(4-7(10)6-14)5-11-9(12)2-3-13/h3,5-7H,2,4,10H2,1H3/t7-/m0/s1. The molecule has 0 amide bonds. The lowest BCUT2D eigenvalue weighted by Crippen LogP contribution is -2.25. The Kier molecular flexibility index (Phi) is 3.53. The second kappa shape index (κ2) is 4.66. The van der Waals surface area contributed by atoms with E-state index in [1.54, 1.807) is 17.8 Å². The molecule has 0 saturated carbocycles. The number of carbonyl (C=O) groups excluding carboxylic acids is 2. The summed E-state index contributed by atoms with van der Waals surface area (Å²) in [6, 6.07) is -0.505. The minimum atomic E-state index is -0.505. The van der Waals surface area contributed by atoms with Crippen LogP contribution in [0.25, 0.3) is 0 Å². The fourth-order valence-electron chi connectivity index (χ4n) is 1.23. The van der Waals surface area contributed by atoms with Crippen LogP contribution in [0.4, 0.5) is 0 Å². The number of carbonyl (C=O) groups is 2. The second-order valence-electron chi connectivity index (χ2n) is 3.10. The fraction of sp³-hybridized carbons (Fsp3) is 0.444. The topological polar surface area (TPSA) is 78.0 Å². The summed E-state index contributed by atoms with van der Waals surface area (Å²) in [5.74, 6) is 0.688. The van der Waals surface area contributed by atoms with Crippen molar-refractivity contribution in [1.82, 2.24) is 9.55 Å². The molecule has 0 saturated heterocycles. The molecule has 0 bridgehead atoms. The average Bonchev–Trinajstić information content (AvgIpc) is 2.50. The van der Waals surface area contributed by atoms with Crippen molar-refractivity contribution in [3.05, 3.63) is 17.7 Å². The first-order chi connectivity index (χ1) is 6.69. The Morgan fingerprint density at radius 3 is 2.93 bits per heavy atom. The van der Waals surface area contributed by atoms with Gasteiger partial charge in [0.1, 0.15) is 18.4 Å². The summed E-state index contributed by atoms with van der Waals surface area (Å²) in [6.45, 7) is 0. The predicted octanol–water partition coefficient (Wildman–Crippen LogP) is -0.770. The molecule has 0 radical (unpaired) electrons. The Balaban J connectivity index is 2.78. The van der Waals surface area contributed by atoms with Gasteiger partial charge >= 0.3 is 0 Å². The Morgan fingerprint density at radius 2 is 2.36 bits per heavy atom. The smallest absolute Gasteiger partial charge is 0.137 e. The highest BCUT2D eigenvalue weighted by molar-refractivity contribution is 5.57. The van der Waals surface area contributed by atoms with E-state index in [1.165, 1.54) is 0 Å². The zero-order valence-corrected chi connectivity index (χ0v) is 8.01. The maximum Gasteiger partial charge on any atom is 0.137 e. The molecule has 5 nitrogen and oxygen atoms in total. The molecular formula is C9H13N3O2. The largest absolute Gasteiger partial charge is 0.335 e. The van der Waals surface area contributed by atoms with Crippen molar-refractivity contribution in [3.8, 4) is 0 Å². The Hall–Kier alpha value is -1.49. The van der Waals surface area contributed by atoms with Crippen LogP contribution in [0.2, 0.25) is 0 Å². The molecule has 1 heterocycles. The van der Waals surface area contributed by atoms with E-state index in [2.05, 4.69) is 4.98 Å². The van der Waals surface area contributed by atoms with Gasteiger partial charge < -0.3 is 19.9 Å². The zero-order valence-electron chi connectivity index (χ0n) is 8.01. The highest BCUT2D eigenvalue weighted by Gasteiger charge is 2.09. The van der Waals surface area contributed by atoms with Crippen LogP contribution in [-0.4, -0.2) is 28.2 Å². The Labute approximate surface area is 81.9 Å². The molecule has 0 aromatic carbocycles. The van der Waals surface area contributed by atoms with Crippen LogP contribution in [0.15, 0.2) is 6.20 Å². The molecule has 1 aromatic heterocycles. The highest BCUT2D eigenvalue weighted by Crippen LogP contribution is 2.04. The highest BCUT2D eigenvalue weighted by atomic mass is 16.1. The van der Waals surface area contributed by atoms with E-state index in [1.807, 2.05) is 0 Å². The number of rotatable bonds is 5. The Morgan fingerprint density at radius 1 is 1.64 bits per heavy atom. The molecule has 0 aliphatic rings. The Bertz CT molecular complexity index is 333. The first kappa shape index (κ1) is 10.6. The van der Waals surface area contributed by atoms with Crippen LogP contribution in [0.1, 0.15) is 11.5 Å². The molecular weight excluding hydrogens is 182 g/mol. The van der Waals surface area contributed by atoms with E-state index in [4.69, 9.17) is 5.73 Å². The van der Waals surface area contributed by atoms with E-state index in [0.29, 0.717) is 18.5 Å². The minimum absolute atomic E-state index is 0.285. The number of nitrogens with two attached hydrogens (primary N) is 1. The SMILES string of the molecule is Cn1c(C[C@H](N)C=O)cnc1CC=O. The van der Waals surface area contributed by atoms with Crippen LogP contribution < -0.4 is 5.73 Å². The van der Waals surface area contributed by atoms with Crippen LogP contribution in [0.3, 0.4) is 0 Å². The predicted molar refractivity (Wildman–Crippen MR) is 50.7 cm³/mol. The molecule has 1 atom stereocenters. The summed E-state index contributed by atoms with van der Waals surface area (Å²) in [6.07, 6.45) is 3.87. The van der Waals surface area contributed by atoms with Gasteiger partial charge in [-0.2, -0.15) is 0 Å². The third-order valence-corrected chi connectivity index (χ3v) is 2.07. The van der Waals surface area contributed by atoms with Gasteiger partial charge in [-0.25, -0.2) is 4.98 Å². The maximum absolute atomic E-state index is 10.3. The number of hydrogen-bond donors (Lipinski definition) is 1. The average molecular weight is 195 g/mol. The monoisotopic (exact) mass is 195 g/mol. The van der Waals surface area contributed by atoms with E-state index >= 15 is 0 Å².